The van der Waals surface area contributed by atoms with Crippen LogP contribution in [0.4, 0.5) is 13.2 Å². The Morgan fingerprint density at radius 2 is 1.79 bits per heavy atom. The lowest BCUT2D eigenvalue weighted by atomic mass is 9.75. The van der Waals surface area contributed by atoms with Gasteiger partial charge in [-0.2, -0.15) is 18.4 Å². The first-order valence-corrected chi connectivity index (χ1v) is 16.4. The van der Waals surface area contributed by atoms with Crippen molar-refractivity contribution in [2.24, 2.45) is 22.2 Å². The van der Waals surface area contributed by atoms with Gasteiger partial charge in [-0.05, 0) is 91.7 Å². The van der Waals surface area contributed by atoms with E-state index in [2.05, 4.69) is 60.6 Å². The van der Waals surface area contributed by atoms with Crippen molar-refractivity contribution in [2.75, 3.05) is 0 Å². The molecule has 1 atom stereocenters. The van der Waals surface area contributed by atoms with E-state index in [1.54, 1.807) is 12.1 Å². The van der Waals surface area contributed by atoms with Crippen molar-refractivity contribution >= 4 is 29.1 Å². The molecule has 1 fully saturated rings. The number of hydrogen-bond acceptors (Lipinski definition) is 6. The standard InChI is InChI=1S/C34H41ClF3N7O2/c1-20(2)21-10-14-33(15-11-21)40-29(24-16-25(34(36,37)38)18-26(35)17-24)31(47)45(33)27(12-13-32(3,4)5)22-6-8-23(9-7-22)30(46)39-19-28-41-43-44-42-28/h6-9,16-18,20-21,27H,10-15,19H2,1-5H3,(H,39,46)(H,41,42,43,44)/t21?,27-,33?/m1/s1. The van der Waals surface area contributed by atoms with Crippen molar-refractivity contribution in [3.05, 3.63) is 75.6 Å². The molecule has 47 heavy (non-hydrogen) atoms. The SMILES string of the molecule is CC(C)C1CCC2(CC1)N=C(c1cc(Cl)cc(C(F)(F)F)c1)C(=O)N2[C@H](CCC(C)(C)C)c1ccc(C(=O)NCc2nn[nH]n2)cc1. The summed E-state index contributed by atoms with van der Waals surface area (Å²) in [4.78, 5) is 34.3. The molecule has 1 aromatic heterocycles. The van der Waals surface area contributed by atoms with E-state index in [1.165, 1.54) is 6.07 Å². The van der Waals surface area contributed by atoms with Gasteiger partial charge in [0.15, 0.2) is 5.82 Å². The highest BCUT2D eigenvalue weighted by Crippen LogP contribution is 2.49. The van der Waals surface area contributed by atoms with Gasteiger partial charge in [0.25, 0.3) is 11.8 Å². The van der Waals surface area contributed by atoms with Crippen molar-refractivity contribution in [2.45, 2.75) is 97.6 Å². The molecule has 2 N–H and O–H groups in total. The van der Waals surface area contributed by atoms with Crippen molar-refractivity contribution in [1.29, 1.82) is 0 Å². The van der Waals surface area contributed by atoms with Crippen LogP contribution in [0.15, 0.2) is 47.5 Å². The minimum atomic E-state index is -4.64. The highest BCUT2D eigenvalue weighted by atomic mass is 35.5. The first-order chi connectivity index (χ1) is 22.1. The zero-order valence-electron chi connectivity index (χ0n) is 27.3. The fourth-order valence-corrected chi connectivity index (χ4v) is 6.87. The number of carbonyl (C=O) groups is 2. The number of H-pyrrole nitrogens is 1. The molecule has 2 heterocycles. The van der Waals surface area contributed by atoms with Crippen LogP contribution >= 0.6 is 11.6 Å². The van der Waals surface area contributed by atoms with Gasteiger partial charge in [-0.1, -0.05) is 63.6 Å². The molecule has 252 valence electrons. The first kappa shape index (κ1) is 34.5. The summed E-state index contributed by atoms with van der Waals surface area (Å²) in [7, 11) is 0. The van der Waals surface area contributed by atoms with E-state index in [9.17, 15) is 22.8 Å². The van der Waals surface area contributed by atoms with Crippen LogP contribution in [0.3, 0.4) is 0 Å². The predicted molar refractivity (Wildman–Crippen MR) is 173 cm³/mol. The highest BCUT2D eigenvalue weighted by molar-refractivity contribution is 6.47. The maximum absolute atomic E-state index is 14.6. The van der Waals surface area contributed by atoms with Crippen molar-refractivity contribution < 1.29 is 22.8 Å². The Kier molecular flexibility index (Phi) is 9.82. The minimum absolute atomic E-state index is 0.000723. The van der Waals surface area contributed by atoms with E-state index in [4.69, 9.17) is 16.6 Å². The topological polar surface area (TPSA) is 116 Å². The van der Waals surface area contributed by atoms with Gasteiger partial charge in [-0.3, -0.25) is 14.6 Å². The normalized spacial score (nSPS) is 21.0. The number of halogens is 4. The summed E-state index contributed by atoms with van der Waals surface area (Å²) in [6.45, 7) is 10.9. The van der Waals surface area contributed by atoms with Crippen molar-refractivity contribution in [3.8, 4) is 0 Å². The average Bonchev–Trinajstić information content (AvgIpc) is 3.62. The Bertz CT molecular complexity index is 1610. The summed E-state index contributed by atoms with van der Waals surface area (Å²) >= 11 is 6.18. The summed E-state index contributed by atoms with van der Waals surface area (Å²) in [6.07, 6.45) is -0.395. The zero-order chi connectivity index (χ0) is 34.1. The van der Waals surface area contributed by atoms with E-state index in [0.29, 0.717) is 42.5 Å². The largest absolute Gasteiger partial charge is 0.416 e. The Morgan fingerprint density at radius 1 is 1.11 bits per heavy atom. The van der Waals surface area contributed by atoms with Gasteiger partial charge >= 0.3 is 6.18 Å². The molecule has 9 nitrogen and oxygen atoms in total. The highest BCUT2D eigenvalue weighted by Gasteiger charge is 2.52. The lowest BCUT2D eigenvalue weighted by Crippen LogP contribution is -2.51. The maximum atomic E-state index is 14.6. The van der Waals surface area contributed by atoms with Crippen molar-refractivity contribution in [3.63, 3.8) is 0 Å². The van der Waals surface area contributed by atoms with E-state index in [1.807, 2.05) is 17.0 Å². The number of aromatic amines is 1. The van der Waals surface area contributed by atoms with Gasteiger partial charge in [-0.25, -0.2) is 0 Å². The number of carbonyl (C=O) groups excluding carboxylic acids is 2. The fraction of sp³-hybridized carbons (Fsp3) is 0.529. The molecular weight excluding hydrogens is 631 g/mol. The number of alkyl halides is 3. The molecule has 2 aromatic carbocycles. The van der Waals surface area contributed by atoms with Crippen LogP contribution in [0.25, 0.3) is 0 Å². The lowest BCUT2D eigenvalue weighted by molar-refractivity contribution is -0.137. The quantitative estimate of drug-likeness (QED) is 0.244. The number of nitrogens with one attached hydrogen (secondary N) is 2. The summed E-state index contributed by atoms with van der Waals surface area (Å²) < 4.78 is 41.4. The van der Waals surface area contributed by atoms with Gasteiger partial charge in [0.05, 0.1) is 18.2 Å². The molecule has 1 aliphatic heterocycles. The Hall–Kier alpha value is -3.80. The van der Waals surface area contributed by atoms with Crippen LogP contribution in [0, 0.1) is 17.3 Å². The van der Waals surface area contributed by atoms with E-state index in [-0.39, 0.29) is 34.2 Å². The average molecular weight is 672 g/mol. The minimum Gasteiger partial charge on any atom is -0.345 e. The molecule has 0 saturated heterocycles. The van der Waals surface area contributed by atoms with Crippen LogP contribution in [-0.2, 0) is 17.5 Å². The van der Waals surface area contributed by atoms with Crippen LogP contribution < -0.4 is 5.32 Å². The smallest absolute Gasteiger partial charge is 0.345 e. The second-order valence-corrected chi connectivity index (χ2v) is 14.6. The number of rotatable bonds is 9. The third kappa shape index (κ3) is 7.85. The molecule has 0 unspecified atom stereocenters. The summed E-state index contributed by atoms with van der Waals surface area (Å²) in [6, 6.07) is 9.88. The molecule has 0 radical (unpaired) electrons. The maximum Gasteiger partial charge on any atom is 0.416 e. The third-order valence-electron chi connectivity index (χ3n) is 9.30. The Labute approximate surface area is 277 Å². The van der Waals surface area contributed by atoms with E-state index >= 15 is 0 Å². The second kappa shape index (κ2) is 13.4. The number of aliphatic imine (C=N–C) groups is 1. The van der Waals surface area contributed by atoms with Gasteiger partial charge in [0.1, 0.15) is 11.4 Å². The number of nitrogens with zero attached hydrogens (tertiary/aromatic N) is 5. The second-order valence-electron chi connectivity index (χ2n) is 14.2. The van der Waals surface area contributed by atoms with Crippen LogP contribution in [0.2, 0.25) is 5.02 Å². The zero-order valence-corrected chi connectivity index (χ0v) is 28.0. The number of amides is 2. The monoisotopic (exact) mass is 671 g/mol. The van der Waals surface area contributed by atoms with Crippen molar-refractivity contribution in [1.82, 2.24) is 30.8 Å². The van der Waals surface area contributed by atoms with Gasteiger partial charge < -0.3 is 10.2 Å². The Balaban J connectivity index is 1.53. The molecule has 3 aromatic rings. The number of hydrogen-bond donors (Lipinski definition) is 2. The molecule has 5 rings (SSSR count). The number of benzene rings is 2. The predicted octanol–water partition coefficient (Wildman–Crippen LogP) is 7.54. The Morgan fingerprint density at radius 3 is 2.36 bits per heavy atom. The third-order valence-corrected chi connectivity index (χ3v) is 9.51. The van der Waals surface area contributed by atoms with Gasteiger partial charge in [0.2, 0.25) is 0 Å². The van der Waals surface area contributed by atoms with Gasteiger partial charge in [0, 0.05) is 16.1 Å². The van der Waals surface area contributed by atoms with Crippen LogP contribution in [0.1, 0.15) is 112 Å². The molecule has 13 heteroatoms. The van der Waals surface area contributed by atoms with E-state index in [0.717, 1.165) is 37.0 Å². The first-order valence-electron chi connectivity index (χ1n) is 16.0. The molecule has 2 amide bonds. The summed E-state index contributed by atoms with van der Waals surface area (Å²) in [5.74, 6) is 0.530. The summed E-state index contributed by atoms with van der Waals surface area (Å²) in [5.41, 5.74) is -0.601. The fourth-order valence-electron chi connectivity index (χ4n) is 6.63. The number of aromatic nitrogens is 4. The molecule has 1 aliphatic carbocycles. The summed E-state index contributed by atoms with van der Waals surface area (Å²) in [5, 5.41) is 16.2. The van der Waals surface area contributed by atoms with E-state index < -0.39 is 29.4 Å². The van der Waals surface area contributed by atoms with Gasteiger partial charge in [-0.15, -0.1) is 10.2 Å². The molecular formula is C34H41ClF3N7O2. The molecule has 1 spiro atoms. The molecule has 1 saturated carbocycles. The lowest BCUT2D eigenvalue weighted by Gasteiger charge is -2.46. The molecule has 0 bridgehead atoms. The van der Waals surface area contributed by atoms with Crippen LogP contribution in [-0.4, -0.2) is 48.7 Å². The molecule has 2 aliphatic rings. The number of tetrazole rings is 1. The van der Waals surface area contributed by atoms with Crippen LogP contribution in [0.5, 0.6) is 0 Å².